The average molecular weight is 406 g/mol. The van der Waals surface area contributed by atoms with E-state index in [0.29, 0.717) is 49.9 Å². The number of aromatic nitrogens is 2. The lowest BCUT2D eigenvalue weighted by Crippen LogP contribution is -2.50. The minimum absolute atomic E-state index is 0.0285. The van der Waals surface area contributed by atoms with Crippen molar-refractivity contribution in [3.63, 3.8) is 0 Å². The van der Waals surface area contributed by atoms with Gasteiger partial charge < -0.3 is 10.4 Å². The van der Waals surface area contributed by atoms with Gasteiger partial charge in [-0.3, -0.25) is 19.1 Å². The molecule has 1 amide bonds. The van der Waals surface area contributed by atoms with Crippen molar-refractivity contribution >= 4 is 16.8 Å². The maximum atomic E-state index is 12.7. The summed E-state index contributed by atoms with van der Waals surface area (Å²) in [7, 11) is 0. The highest BCUT2D eigenvalue weighted by Gasteiger charge is 2.33. The molecule has 0 spiro atoms. The van der Waals surface area contributed by atoms with E-state index < -0.39 is 5.60 Å². The lowest BCUT2D eigenvalue weighted by molar-refractivity contribution is -0.123. The Hall–Kier alpha value is -3.03. The Kier molecular flexibility index (Phi) is 5.92. The Morgan fingerprint density at radius 3 is 2.53 bits per heavy atom. The first-order valence-corrected chi connectivity index (χ1v) is 10.2. The second kappa shape index (κ2) is 8.77. The van der Waals surface area contributed by atoms with Crippen molar-refractivity contribution in [2.75, 3.05) is 19.6 Å². The topological polar surface area (TPSA) is 87.5 Å². The van der Waals surface area contributed by atoms with Gasteiger partial charge in [0.2, 0.25) is 5.91 Å². The van der Waals surface area contributed by atoms with E-state index in [-0.39, 0.29) is 18.0 Å². The van der Waals surface area contributed by atoms with Gasteiger partial charge in [0, 0.05) is 19.6 Å². The third-order valence-electron chi connectivity index (χ3n) is 5.68. The van der Waals surface area contributed by atoms with Gasteiger partial charge in [-0.2, -0.15) is 0 Å². The molecule has 0 aliphatic carbocycles. The Morgan fingerprint density at radius 1 is 1.07 bits per heavy atom. The maximum Gasteiger partial charge on any atom is 0.261 e. The predicted octanol–water partition coefficient (Wildman–Crippen LogP) is 1.54. The minimum Gasteiger partial charge on any atom is -0.388 e. The smallest absolute Gasteiger partial charge is 0.261 e. The van der Waals surface area contributed by atoms with E-state index in [0.717, 1.165) is 5.56 Å². The van der Waals surface area contributed by atoms with Gasteiger partial charge in [0.15, 0.2) is 0 Å². The number of hydrogen-bond acceptors (Lipinski definition) is 5. The third kappa shape index (κ3) is 4.75. The molecule has 7 heteroatoms. The molecule has 1 aromatic heterocycles. The first-order chi connectivity index (χ1) is 14.5. The van der Waals surface area contributed by atoms with Gasteiger partial charge in [-0.1, -0.05) is 42.5 Å². The van der Waals surface area contributed by atoms with Crippen LogP contribution in [-0.4, -0.2) is 50.7 Å². The zero-order valence-electron chi connectivity index (χ0n) is 16.8. The second-order valence-corrected chi connectivity index (χ2v) is 7.96. The fourth-order valence-corrected chi connectivity index (χ4v) is 3.88. The summed E-state index contributed by atoms with van der Waals surface area (Å²) in [5.41, 5.74) is 0.595. The van der Waals surface area contributed by atoms with Crippen molar-refractivity contribution in [3.8, 4) is 0 Å². The van der Waals surface area contributed by atoms with Crippen molar-refractivity contribution in [1.29, 1.82) is 0 Å². The number of aliphatic hydroxyl groups is 1. The van der Waals surface area contributed by atoms with E-state index in [9.17, 15) is 14.7 Å². The Balaban J connectivity index is 1.31. The summed E-state index contributed by atoms with van der Waals surface area (Å²) in [5, 5.41) is 14.5. The molecule has 1 fully saturated rings. The number of nitrogens with zero attached hydrogens (tertiary/aromatic N) is 3. The van der Waals surface area contributed by atoms with Crippen LogP contribution in [0.2, 0.25) is 0 Å². The number of amides is 1. The molecule has 0 unspecified atom stereocenters. The molecule has 0 saturated carbocycles. The van der Waals surface area contributed by atoms with Gasteiger partial charge >= 0.3 is 0 Å². The molecule has 0 radical (unpaired) electrons. The number of rotatable bonds is 6. The monoisotopic (exact) mass is 406 g/mol. The molecule has 156 valence electrons. The van der Waals surface area contributed by atoms with Crippen LogP contribution in [0.5, 0.6) is 0 Å². The van der Waals surface area contributed by atoms with Crippen molar-refractivity contribution in [3.05, 3.63) is 76.8 Å². The second-order valence-electron chi connectivity index (χ2n) is 7.96. The van der Waals surface area contributed by atoms with Crippen molar-refractivity contribution < 1.29 is 9.90 Å². The number of hydrogen-bond donors (Lipinski definition) is 2. The maximum absolute atomic E-state index is 12.7. The minimum atomic E-state index is -0.981. The molecule has 3 aromatic rings. The number of likely N-dealkylation sites (tertiary alicyclic amines) is 1. The van der Waals surface area contributed by atoms with Crippen LogP contribution >= 0.6 is 0 Å². The Bertz CT molecular complexity index is 1070. The summed E-state index contributed by atoms with van der Waals surface area (Å²) in [6.45, 7) is 2.23. The number of para-hydroxylation sites is 1. The molecule has 1 aliphatic rings. The number of piperidine rings is 1. The van der Waals surface area contributed by atoms with Crippen molar-refractivity contribution in [1.82, 2.24) is 19.8 Å². The molecule has 1 aliphatic heterocycles. The van der Waals surface area contributed by atoms with Crippen LogP contribution in [0.25, 0.3) is 10.9 Å². The van der Waals surface area contributed by atoms with Gasteiger partial charge in [-0.25, -0.2) is 4.98 Å². The van der Waals surface area contributed by atoms with Gasteiger partial charge in [-0.15, -0.1) is 0 Å². The van der Waals surface area contributed by atoms with Gasteiger partial charge in [0.05, 0.1) is 35.9 Å². The molecule has 4 rings (SSSR count). The number of benzene rings is 2. The quantitative estimate of drug-likeness (QED) is 0.648. The average Bonchev–Trinajstić information content (AvgIpc) is 2.77. The van der Waals surface area contributed by atoms with Crippen LogP contribution in [-0.2, 0) is 17.9 Å². The number of carbonyl (C=O) groups excluding carboxylic acids is 1. The predicted molar refractivity (Wildman–Crippen MR) is 115 cm³/mol. The highest BCUT2D eigenvalue weighted by molar-refractivity contribution is 5.78. The van der Waals surface area contributed by atoms with Crippen LogP contribution < -0.4 is 10.9 Å². The van der Waals surface area contributed by atoms with E-state index >= 15 is 0 Å². The lowest BCUT2D eigenvalue weighted by Gasteiger charge is -2.38. The largest absolute Gasteiger partial charge is 0.388 e. The Labute approximate surface area is 175 Å². The molecule has 1 saturated heterocycles. The van der Waals surface area contributed by atoms with Crippen LogP contribution in [0.15, 0.2) is 65.7 Å². The standard InChI is InChI=1S/C23H26N4O3/c28-21(24-14-18-6-2-1-3-7-18)15-26-12-10-23(30,11-13-26)16-27-17-25-20-9-5-4-8-19(20)22(27)29/h1-9,17,30H,10-16H2,(H,24,28). The molecular weight excluding hydrogens is 380 g/mol. The summed E-state index contributed by atoms with van der Waals surface area (Å²) < 4.78 is 1.49. The van der Waals surface area contributed by atoms with E-state index in [1.165, 1.54) is 10.9 Å². The first kappa shape index (κ1) is 20.3. The van der Waals surface area contributed by atoms with E-state index in [2.05, 4.69) is 10.3 Å². The van der Waals surface area contributed by atoms with Gasteiger partial charge in [0.25, 0.3) is 5.56 Å². The molecule has 2 N–H and O–H groups in total. The van der Waals surface area contributed by atoms with E-state index in [4.69, 9.17) is 0 Å². The molecule has 30 heavy (non-hydrogen) atoms. The summed E-state index contributed by atoms with van der Waals surface area (Å²) in [6, 6.07) is 17.0. The summed E-state index contributed by atoms with van der Waals surface area (Å²) in [4.78, 5) is 31.3. The lowest BCUT2D eigenvalue weighted by atomic mass is 9.91. The number of carbonyl (C=O) groups is 1. The SMILES string of the molecule is O=C(CN1CCC(O)(Cn2cnc3ccccc3c2=O)CC1)NCc1ccccc1. The molecule has 0 bridgehead atoms. The van der Waals surface area contributed by atoms with Gasteiger partial charge in [0.1, 0.15) is 0 Å². The molecule has 7 nitrogen and oxygen atoms in total. The molecular formula is C23H26N4O3. The first-order valence-electron chi connectivity index (χ1n) is 10.2. The van der Waals surface area contributed by atoms with Gasteiger partial charge in [-0.05, 0) is 30.5 Å². The third-order valence-corrected chi connectivity index (χ3v) is 5.68. The molecule has 2 heterocycles. The van der Waals surface area contributed by atoms with Crippen molar-refractivity contribution in [2.24, 2.45) is 0 Å². The number of nitrogens with one attached hydrogen (secondary N) is 1. The van der Waals surface area contributed by atoms with Crippen LogP contribution in [0.4, 0.5) is 0 Å². The summed E-state index contributed by atoms with van der Waals surface area (Å²) in [5.74, 6) is -0.0285. The number of fused-ring (bicyclic) bond motifs is 1. The van der Waals surface area contributed by atoms with E-state index in [1.807, 2.05) is 47.4 Å². The molecule has 2 aromatic carbocycles. The zero-order valence-corrected chi connectivity index (χ0v) is 16.8. The van der Waals surface area contributed by atoms with Crippen molar-refractivity contribution in [2.45, 2.75) is 31.5 Å². The van der Waals surface area contributed by atoms with Crippen LogP contribution in [0.3, 0.4) is 0 Å². The normalized spacial score (nSPS) is 16.4. The van der Waals surface area contributed by atoms with Crippen LogP contribution in [0, 0.1) is 0 Å². The zero-order chi connectivity index (χ0) is 21.0. The van der Waals surface area contributed by atoms with E-state index in [1.54, 1.807) is 12.1 Å². The molecule has 0 atom stereocenters. The fraction of sp³-hybridized carbons (Fsp3) is 0.348. The summed E-state index contributed by atoms with van der Waals surface area (Å²) in [6.07, 6.45) is 2.50. The summed E-state index contributed by atoms with van der Waals surface area (Å²) >= 11 is 0. The highest BCUT2D eigenvalue weighted by atomic mass is 16.3. The van der Waals surface area contributed by atoms with Crippen LogP contribution in [0.1, 0.15) is 18.4 Å². The fourth-order valence-electron chi connectivity index (χ4n) is 3.88. The highest BCUT2D eigenvalue weighted by Crippen LogP contribution is 2.23. The Morgan fingerprint density at radius 2 is 1.77 bits per heavy atom.